The van der Waals surface area contributed by atoms with Crippen LogP contribution in [0.2, 0.25) is 0 Å². The molecule has 0 saturated heterocycles. The van der Waals surface area contributed by atoms with Crippen molar-refractivity contribution in [2.24, 2.45) is 5.92 Å². The van der Waals surface area contributed by atoms with Crippen LogP contribution in [-0.2, 0) is 14.8 Å². The Labute approximate surface area is 121 Å². The molecule has 1 N–H and O–H groups in total. The lowest BCUT2D eigenvalue weighted by Gasteiger charge is -2.20. The summed E-state index contributed by atoms with van der Waals surface area (Å²) in [5.41, 5.74) is 0. The van der Waals surface area contributed by atoms with Crippen molar-refractivity contribution in [2.45, 2.75) is 11.8 Å². The lowest BCUT2D eigenvalue weighted by Crippen LogP contribution is -2.37. The molecule has 0 aliphatic heterocycles. The standard InChI is InChI=1S/C11H16BrN3O3S/c1-8(11(16)13-2)7-15(3)19(17,18)10-4-9(12)5-14-6-10/h4-6,8H,7H2,1-3H3,(H,13,16). The number of carbonyl (C=O) groups excluding carboxylic acids is 1. The van der Waals surface area contributed by atoms with Gasteiger partial charge in [-0.3, -0.25) is 9.78 Å². The summed E-state index contributed by atoms with van der Waals surface area (Å²) in [6.45, 7) is 1.78. The molecule has 1 heterocycles. The van der Waals surface area contributed by atoms with E-state index in [1.807, 2.05) is 0 Å². The average molecular weight is 350 g/mol. The molecule has 1 amide bonds. The number of nitrogens with one attached hydrogen (secondary N) is 1. The van der Waals surface area contributed by atoms with Crippen molar-refractivity contribution in [3.8, 4) is 0 Å². The zero-order chi connectivity index (χ0) is 14.6. The molecule has 0 bridgehead atoms. The van der Waals surface area contributed by atoms with Crippen LogP contribution in [0.15, 0.2) is 27.8 Å². The fourth-order valence-corrected chi connectivity index (χ4v) is 3.29. The Hall–Kier alpha value is -0.990. The van der Waals surface area contributed by atoms with Gasteiger partial charge in [-0.1, -0.05) is 6.92 Å². The molecule has 106 valence electrons. The molecule has 8 heteroatoms. The van der Waals surface area contributed by atoms with Crippen LogP contribution in [0.25, 0.3) is 0 Å². The van der Waals surface area contributed by atoms with Gasteiger partial charge in [-0.2, -0.15) is 0 Å². The predicted molar refractivity (Wildman–Crippen MR) is 75.0 cm³/mol. The summed E-state index contributed by atoms with van der Waals surface area (Å²) in [7, 11) is -0.678. The van der Waals surface area contributed by atoms with Crippen molar-refractivity contribution < 1.29 is 13.2 Å². The number of aromatic nitrogens is 1. The predicted octanol–water partition coefficient (Wildman–Crippen LogP) is 0.847. The molecule has 1 rings (SSSR count). The molecule has 1 atom stereocenters. The topological polar surface area (TPSA) is 79.4 Å². The van der Waals surface area contributed by atoms with Crippen LogP contribution in [0.4, 0.5) is 0 Å². The Morgan fingerprint density at radius 1 is 1.53 bits per heavy atom. The van der Waals surface area contributed by atoms with Gasteiger partial charge >= 0.3 is 0 Å². The maximum absolute atomic E-state index is 12.3. The minimum absolute atomic E-state index is 0.0912. The Morgan fingerprint density at radius 3 is 2.68 bits per heavy atom. The van der Waals surface area contributed by atoms with Gasteiger partial charge in [-0.05, 0) is 22.0 Å². The van der Waals surface area contributed by atoms with Gasteiger partial charge in [0.05, 0.1) is 0 Å². The largest absolute Gasteiger partial charge is 0.359 e. The lowest BCUT2D eigenvalue weighted by molar-refractivity contribution is -0.124. The number of rotatable bonds is 5. The van der Waals surface area contributed by atoms with E-state index in [1.165, 1.54) is 32.6 Å². The molecular formula is C11H16BrN3O3S. The SMILES string of the molecule is CNC(=O)C(C)CN(C)S(=O)(=O)c1cncc(Br)c1. The van der Waals surface area contributed by atoms with Gasteiger partial charge in [-0.15, -0.1) is 0 Å². The average Bonchev–Trinajstić information content (AvgIpc) is 2.37. The van der Waals surface area contributed by atoms with Gasteiger partial charge in [0, 0.05) is 43.4 Å². The fourth-order valence-electron chi connectivity index (χ4n) is 1.53. The molecular weight excluding hydrogens is 334 g/mol. The van der Waals surface area contributed by atoms with Gasteiger partial charge in [-0.25, -0.2) is 12.7 Å². The number of carbonyl (C=O) groups is 1. The molecule has 0 aliphatic carbocycles. The smallest absolute Gasteiger partial charge is 0.244 e. The van der Waals surface area contributed by atoms with Gasteiger partial charge in [0.15, 0.2) is 0 Å². The molecule has 0 radical (unpaired) electrons. The van der Waals surface area contributed by atoms with Crippen molar-refractivity contribution >= 4 is 31.9 Å². The second-order valence-electron chi connectivity index (χ2n) is 4.14. The van der Waals surface area contributed by atoms with E-state index < -0.39 is 15.9 Å². The third kappa shape index (κ3) is 3.99. The number of sulfonamides is 1. The van der Waals surface area contributed by atoms with Crippen molar-refractivity contribution in [3.05, 3.63) is 22.9 Å². The Balaban J connectivity index is 2.92. The molecule has 1 aromatic heterocycles. The van der Waals surface area contributed by atoms with Crippen molar-refractivity contribution in [1.29, 1.82) is 0 Å². The number of hydrogen-bond acceptors (Lipinski definition) is 4. The van der Waals surface area contributed by atoms with Crippen molar-refractivity contribution in [2.75, 3.05) is 20.6 Å². The highest BCUT2D eigenvalue weighted by molar-refractivity contribution is 9.10. The van der Waals surface area contributed by atoms with Crippen LogP contribution in [-0.4, -0.2) is 44.3 Å². The molecule has 19 heavy (non-hydrogen) atoms. The summed E-state index contributed by atoms with van der Waals surface area (Å²) >= 11 is 3.18. The first-order chi connectivity index (χ1) is 8.78. The zero-order valence-corrected chi connectivity index (χ0v) is 13.3. The maximum atomic E-state index is 12.3. The summed E-state index contributed by atoms with van der Waals surface area (Å²) in [6.07, 6.45) is 2.79. The summed E-state index contributed by atoms with van der Waals surface area (Å²) in [5, 5.41) is 2.49. The normalized spacial score (nSPS) is 13.3. The van der Waals surface area contributed by atoms with Crippen LogP contribution in [0, 0.1) is 5.92 Å². The molecule has 0 aliphatic rings. The number of halogens is 1. The molecule has 0 saturated carbocycles. The summed E-state index contributed by atoms with van der Waals surface area (Å²) in [5.74, 6) is -0.626. The van der Waals surface area contributed by atoms with Crippen molar-refractivity contribution in [1.82, 2.24) is 14.6 Å². The van der Waals surface area contributed by atoms with Gasteiger partial charge in [0.1, 0.15) is 4.90 Å². The second kappa shape index (κ2) is 6.44. The Kier molecular flexibility index (Phi) is 5.45. The van der Waals surface area contributed by atoms with E-state index in [0.29, 0.717) is 4.47 Å². The van der Waals surface area contributed by atoms with E-state index in [1.54, 1.807) is 6.92 Å². The summed E-state index contributed by atoms with van der Waals surface area (Å²) in [4.78, 5) is 15.3. The van der Waals surface area contributed by atoms with E-state index in [9.17, 15) is 13.2 Å². The number of hydrogen-bond donors (Lipinski definition) is 1. The third-order valence-electron chi connectivity index (χ3n) is 2.61. The number of nitrogens with zero attached hydrogens (tertiary/aromatic N) is 2. The van der Waals surface area contributed by atoms with E-state index in [2.05, 4.69) is 26.2 Å². The summed E-state index contributed by atoms with van der Waals surface area (Å²) in [6, 6.07) is 1.48. The first-order valence-electron chi connectivity index (χ1n) is 5.57. The van der Waals surface area contributed by atoms with Crippen LogP contribution in [0.3, 0.4) is 0 Å². The molecule has 1 aromatic rings. The third-order valence-corrected chi connectivity index (χ3v) is 4.84. The van der Waals surface area contributed by atoms with E-state index >= 15 is 0 Å². The lowest BCUT2D eigenvalue weighted by atomic mass is 10.2. The van der Waals surface area contributed by atoms with E-state index in [0.717, 1.165) is 4.31 Å². The maximum Gasteiger partial charge on any atom is 0.244 e. The molecule has 0 fully saturated rings. The second-order valence-corrected chi connectivity index (χ2v) is 7.10. The van der Waals surface area contributed by atoms with Crippen LogP contribution < -0.4 is 5.32 Å². The highest BCUT2D eigenvalue weighted by atomic mass is 79.9. The molecule has 0 spiro atoms. The molecule has 6 nitrogen and oxygen atoms in total. The minimum Gasteiger partial charge on any atom is -0.359 e. The number of pyridine rings is 1. The minimum atomic E-state index is -3.64. The van der Waals surface area contributed by atoms with Crippen LogP contribution in [0.5, 0.6) is 0 Å². The van der Waals surface area contributed by atoms with E-state index in [4.69, 9.17) is 0 Å². The quantitative estimate of drug-likeness (QED) is 0.854. The van der Waals surface area contributed by atoms with Crippen LogP contribution in [0.1, 0.15) is 6.92 Å². The van der Waals surface area contributed by atoms with Gasteiger partial charge in [0.25, 0.3) is 0 Å². The van der Waals surface area contributed by atoms with Crippen molar-refractivity contribution in [3.63, 3.8) is 0 Å². The summed E-state index contributed by atoms with van der Waals surface area (Å²) < 4.78 is 26.3. The molecule has 1 unspecified atom stereocenters. The van der Waals surface area contributed by atoms with E-state index in [-0.39, 0.29) is 17.3 Å². The molecule has 0 aromatic carbocycles. The van der Waals surface area contributed by atoms with Gasteiger partial charge < -0.3 is 5.32 Å². The number of amides is 1. The monoisotopic (exact) mass is 349 g/mol. The Morgan fingerprint density at radius 2 is 2.16 bits per heavy atom. The zero-order valence-electron chi connectivity index (χ0n) is 10.9. The van der Waals surface area contributed by atoms with Crippen LogP contribution >= 0.6 is 15.9 Å². The Bertz CT molecular complexity index is 562. The first-order valence-corrected chi connectivity index (χ1v) is 7.81. The highest BCUT2D eigenvalue weighted by Gasteiger charge is 2.25. The highest BCUT2D eigenvalue weighted by Crippen LogP contribution is 2.18. The van der Waals surface area contributed by atoms with Gasteiger partial charge in [0.2, 0.25) is 15.9 Å². The first kappa shape index (κ1) is 16.1. The fraction of sp³-hybridized carbons (Fsp3) is 0.455.